The van der Waals surface area contributed by atoms with E-state index in [1.165, 1.54) is 16.2 Å². The van der Waals surface area contributed by atoms with Crippen LogP contribution in [0.25, 0.3) is 21.5 Å². The minimum Gasteiger partial charge on any atom is -0.345 e. The van der Waals surface area contributed by atoms with Gasteiger partial charge in [0.05, 0.1) is 17.1 Å². The van der Waals surface area contributed by atoms with E-state index in [0.717, 1.165) is 21.3 Å². The maximum absolute atomic E-state index is 12.7. The SMILES string of the molecule is O=C(CN1C(=O)c2cccc3cccc1c23)NCc1nc(-c2cccs2)no1. The molecule has 2 amide bonds. The lowest BCUT2D eigenvalue weighted by Gasteiger charge is -2.16. The van der Waals surface area contributed by atoms with Crippen LogP contribution in [0.3, 0.4) is 0 Å². The predicted octanol–water partition coefficient (Wildman–Crippen LogP) is 3.23. The van der Waals surface area contributed by atoms with E-state index >= 15 is 0 Å². The highest BCUT2D eigenvalue weighted by atomic mass is 32.1. The third kappa shape index (κ3) is 2.74. The molecule has 0 radical (unpaired) electrons. The number of aromatic nitrogens is 2. The van der Waals surface area contributed by atoms with Gasteiger partial charge in [0.2, 0.25) is 17.6 Å². The van der Waals surface area contributed by atoms with Crippen molar-refractivity contribution in [2.75, 3.05) is 11.4 Å². The molecular weight excluding hydrogens is 376 g/mol. The Morgan fingerprint density at radius 3 is 2.82 bits per heavy atom. The van der Waals surface area contributed by atoms with Crippen molar-refractivity contribution in [2.24, 2.45) is 0 Å². The molecule has 0 fully saturated rings. The summed E-state index contributed by atoms with van der Waals surface area (Å²) in [4.78, 5) is 31.8. The minimum atomic E-state index is -0.297. The first-order valence-electron chi connectivity index (χ1n) is 8.67. The lowest BCUT2D eigenvalue weighted by Crippen LogP contribution is -2.38. The van der Waals surface area contributed by atoms with Gasteiger partial charge >= 0.3 is 0 Å². The molecule has 3 heterocycles. The molecule has 1 N–H and O–H groups in total. The number of amides is 2. The molecule has 0 atom stereocenters. The Labute approximate surface area is 163 Å². The van der Waals surface area contributed by atoms with Gasteiger partial charge in [-0.3, -0.25) is 14.5 Å². The second kappa shape index (κ2) is 6.58. The molecule has 0 saturated carbocycles. The highest BCUT2D eigenvalue weighted by Gasteiger charge is 2.30. The fraction of sp³-hybridized carbons (Fsp3) is 0.100. The lowest BCUT2D eigenvalue weighted by atomic mass is 10.1. The van der Waals surface area contributed by atoms with Crippen LogP contribution < -0.4 is 10.2 Å². The number of rotatable bonds is 5. The van der Waals surface area contributed by atoms with Gasteiger partial charge in [-0.05, 0) is 29.0 Å². The molecule has 8 heteroatoms. The topological polar surface area (TPSA) is 88.3 Å². The van der Waals surface area contributed by atoms with Crippen molar-refractivity contribution in [3.63, 3.8) is 0 Å². The van der Waals surface area contributed by atoms with Gasteiger partial charge in [0.15, 0.2) is 0 Å². The van der Waals surface area contributed by atoms with Gasteiger partial charge in [0.1, 0.15) is 6.54 Å². The van der Waals surface area contributed by atoms with E-state index in [2.05, 4.69) is 15.5 Å². The molecule has 7 nitrogen and oxygen atoms in total. The van der Waals surface area contributed by atoms with Crippen LogP contribution in [-0.4, -0.2) is 28.5 Å². The summed E-state index contributed by atoms with van der Waals surface area (Å²) in [5.74, 6) is 0.347. The monoisotopic (exact) mass is 390 g/mol. The van der Waals surface area contributed by atoms with Crippen LogP contribution in [0.1, 0.15) is 16.2 Å². The summed E-state index contributed by atoms with van der Waals surface area (Å²) >= 11 is 1.51. The summed E-state index contributed by atoms with van der Waals surface area (Å²) < 4.78 is 5.18. The molecular formula is C20H14N4O3S. The smallest absolute Gasteiger partial charge is 0.259 e. The van der Waals surface area contributed by atoms with Crippen LogP contribution in [0, 0.1) is 0 Å². The number of nitrogens with zero attached hydrogens (tertiary/aromatic N) is 3. The van der Waals surface area contributed by atoms with Crippen LogP contribution in [-0.2, 0) is 11.3 Å². The first kappa shape index (κ1) is 16.6. The average molecular weight is 390 g/mol. The minimum absolute atomic E-state index is 0.0709. The zero-order chi connectivity index (χ0) is 19.1. The second-order valence-electron chi connectivity index (χ2n) is 6.34. The van der Waals surface area contributed by atoms with E-state index in [1.807, 2.05) is 47.8 Å². The Hall–Kier alpha value is -3.52. The van der Waals surface area contributed by atoms with Gasteiger partial charge in [0, 0.05) is 10.9 Å². The predicted molar refractivity (Wildman–Crippen MR) is 105 cm³/mol. The number of nitrogens with one attached hydrogen (secondary N) is 1. The summed E-state index contributed by atoms with van der Waals surface area (Å²) in [6.45, 7) is 0.0366. The molecule has 2 aromatic heterocycles. The molecule has 0 saturated heterocycles. The van der Waals surface area contributed by atoms with Crippen LogP contribution in [0.2, 0.25) is 0 Å². The van der Waals surface area contributed by atoms with Crippen molar-refractivity contribution in [1.29, 1.82) is 0 Å². The van der Waals surface area contributed by atoms with E-state index in [1.54, 1.807) is 6.07 Å². The number of benzene rings is 2. The average Bonchev–Trinajstić information content (AvgIpc) is 3.44. The van der Waals surface area contributed by atoms with E-state index in [-0.39, 0.29) is 24.9 Å². The van der Waals surface area contributed by atoms with Crippen molar-refractivity contribution in [3.8, 4) is 10.7 Å². The fourth-order valence-corrected chi connectivity index (χ4v) is 3.99. The van der Waals surface area contributed by atoms with Gasteiger partial charge in [-0.1, -0.05) is 35.5 Å². The number of carbonyl (C=O) groups is 2. The van der Waals surface area contributed by atoms with Crippen molar-refractivity contribution in [2.45, 2.75) is 6.54 Å². The molecule has 0 aliphatic carbocycles. The quantitative estimate of drug-likeness (QED) is 0.565. The Balaban J connectivity index is 1.28. The lowest BCUT2D eigenvalue weighted by molar-refractivity contribution is -0.120. The first-order valence-corrected chi connectivity index (χ1v) is 9.55. The standard InChI is InChI=1S/C20H14N4O3S/c25-16(21-10-17-22-19(23-27-17)15-8-3-9-28-15)11-24-14-7-2-5-12-4-1-6-13(18(12)14)20(24)26/h1-9H,10-11H2,(H,21,25). The van der Waals surface area contributed by atoms with Crippen molar-refractivity contribution >= 4 is 39.6 Å². The number of anilines is 1. The van der Waals surface area contributed by atoms with Crippen LogP contribution in [0.4, 0.5) is 5.69 Å². The third-order valence-electron chi connectivity index (χ3n) is 4.60. The first-order chi connectivity index (χ1) is 13.7. The third-order valence-corrected chi connectivity index (χ3v) is 5.46. The fourth-order valence-electron chi connectivity index (χ4n) is 3.34. The Morgan fingerprint density at radius 1 is 1.14 bits per heavy atom. The number of thiophene rings is 1. The van der Waals surface area contributed by atoms with Gasteiger partial charge in [-0.25, -0.2) is 0 Å². The molecule has 0 unspecified atom stereocenters. The summed E-state index contributed by atoms with van der Waals surface area (Å²) in [5, 5.41) is 10.5. The summed E-state index contributed by atoms with van der Waals surface area (Å²) in [5.41, 5.74) is 1.38. The van der Waals surface area contributed by atoms with Gasteiger partial charge in [-0.15, -0.1) is 11.3 Å². The molecule has 0 bridgehead atoms. The second-order valence-corrected chi connectivity index (χ2v) is 7.29. The maximum Gasteiger partial charge on any atom is 0.259 e. The Kier molecular flexibility index (Phi) is 3.91. The molecule has 2 aromatic carbocycles. The molecule has 28 heavy (non-hydrogen) atoms. The van der Waals surface area contributed by atoms with Gasteiger partial charge < -0.3 is 9.84 Å². The molecule has 1 aliphatic rings. The van der Waals surface area contributed by atoms with Crippen molar-refractivity contribution in [1.82, 2.24) is 15.5 Å². The number of carbonyl (C=O) groups excluding carboxylic acids is 2. The Morgan fingerprint density at radius 2 is 2.00 bits per heavy atom. The van der Waals surface area contributed by atoms with E-state index in [4.69, 9.17) is 4.52 Å². The molecule has 5 rings (SSSR count). The summed E-state index contributed by atoms with van der Waals surface area (Å²) in [6.07, 6.45) is 0. The summed E-state index contributed by atoms with van der Waals surface area (Å²) in [7, 11) is 0. The number of hydrogen-bond donors (Lipinski definition) is 1. The van der Waals surface area contributed by atoms with Gasteiger partial charge in [0.25, 0.3) is 5.91 Å². The van der Waals surface area contributed by atoms with Crippen LogP contribution in [0.5, 0.6) is 0 Å². The zero-order valence-corrected chi connectivity index (χ0v) is 15.4. The van der Waals surface area contributed by atoms with Crippen molar-refractivity contribution in [3.05, 3.63) is 65.4 Å². The van der Waals surface area contributed by atoms with E-state index in [0.29, 0.717) is 17.3 Å². The van der Waals surface area contributed by atoms with Crippen LogP contribution >= 0.6 is 11.3 Å². The highest BCUT2D eigenvalue weighted by Crippen LogP contribution is 2.36. The van der Waals surface area contributed by atoms with E-state index < -0.39 is 0 Å². The molecule has 138 valence electrons. The molecule has 0 spiro atoms. The van der Waals surface area contributed by atoms with Crippen molar-refractivity contribution < 1.29 is 14.1 Å². The maximum atomic E-state index is 12.7. The van der Waals surface area contributed by atoms with E-state index in [9.17, 15) is 9.59 Å². The zero-order valence-electron chi connectivity index (χ0n) is 14.6. The normalized spacial score (nSPS) is 12.7. The largest absolute Gasteiger partial charge is 0.345 e. The Bertz CT molecular complexity index is 1190. The number of hydrogen-bond acceptors (Lipinski definition) is 6. The molecule has 4 aromatic rings. The van der Waals surface area contributed by atoms with Gasteiger partial charge in [-0.2, -0.15) is 4.98 Å². The summed E-state index contributed by atoms with van der Waals surface area (Å²) in [6, 6.07) is 15.1. The highest BCUT2D eigenvalue weighted by molar-refractivity contribution is 7.13. The van der Waals surface area contributed by atoms with Crippen LogP contribution in [0.15, 0.2) is 58.4 Å². The molecule has 1 aliphatic heterocycles.